The van der Waals surface area contributed by atoms with Crippen molar-refractivity contribution in [3.05, 3.63) is 62.9 Å². The average molecular weight is 261 g/mol. The number of thioether (sulfide) groups is 1. The van der Waals surface area contributed by atoms with E-state index in [9.17, 15) is 9.59 Å². The predicted molar refractivity (Wildman–Crippen MR) is 71.7 cm³/mol. The van der Waals surface area contributed by atoms with Gasteiger partial charge in [0.25, 0.3) is 0 Å². The van der Waals surface area contributed by atoms with Crippen LogP contribution in [-0.2, 0) is 0 Å². The number of H-pyrrole nitrogens is 2. The number of rotatable bonds is 4. The summed E-state index contributed by atoms with van der Waals surface area (Å²) in [4.78, 5) is 30.0. The third-order valence-electron chi connectivity index (χ3n) is 2.07. The molecular formula is C12H11N3O2S. The second-order valence-corrected chi connectivity index (χ2v) is 4.43. The summed E-state index contributed by atoms with van der Waals surface area (Å²) >= 11 is 1.29. The Morgan fingerprint density at radius 2 is 1.94 bits per heavy atom. The van der Waals surface area contributed by atoms with Crippen molar-refractivity contribution in [3.63, 3.8) is 0 Å². The molecule has 0 aliphatic heterocycles. The molecule has 0 fully saturated rings. The molecule has 0 amide bonds. The maximum Gasteiger partial charge on any atom is 0.351 e. The van der Waals surface area contributed by atoms with E-state index in [1.54, 1.807) is 0 Å². The van der Waals surface area contributed by atoms with Crippen LogP contribution >= 0.6 is 11.8 Å². The molecule has 0 aliphatic rings. The van der Waals surface area contributed by atoms with Crippen LogP contribution in [0.25, 0.3) is 6.08 Å². The van der Waals surface area contributed by atoms with Gasteiger partial charge in [0.05, 0.1) is 0 Å². The van der Waals surface area contributed by atoms with Gasteiger partial charge in [-0.1, -0.05) is 54.2 Å². The summed E-state index contributed by atoms with van der Waals surface area (Å²) in [5.74, 6) is 0.626. The van der Waals surface area contributed by atoms with Crippen molar-refractivity contribution in [1.82, 2.24) is 15.0 Å². The maximum atomic E-state index is 11.0. The summed E-state index contributed by atoms with van der Waals surface area (Å²) < 4.78 is 0. The van der Waals surface area contributed by atoms with Gasteiger partial charge in [-0.2, -0.15) is 4.98 Å². The molecule has 0 unspecified atom stereocenters. The Kier molecular flexibility index (Phi) is 4.14. The lowest BCUT2D eigenvalue weighted by molar-refractivity contribution is 0.823. The molecule has 1 heterocycles. The Morgan fingerprint density at radius 1 is 1.17 bits per heavy atom. The summed E-state index contributed by atoms with van der Waals surface area (Å²) in [6.45, 7) is 0. The monoisotopic (exact) mass is 261 g/mol. The molecule has 0 radical (unpaired) electrons. The van der Waals surface area contributed by atoms with Crippen molar-refractivity contribution in [2.75, 3.05) is 5.75 Å². The standard InChI is InChI=1S/C12H11N3O2S/c16-10-13-11(17)15-12(14-10)18-8-4-7-9-5-2-1-3-6-9/h1-7H,8H2,(H2,13,14,15,16,17). The smallest absolute Gasteiger partial charge is 0.286 e. The van der Waals surface area contributed by atoms with Gasteiger partial charge in [-0.15, -0.1) is 0 Å². The minimum Gasteiger partial charge on any atom is -0.286 e. The lowest BCUT2D eigenvalue weighted by atomic mass is 10.2. The lowest BCUT2D eigenvalue weighted by Gasteiger charge is -1.95. The highest BCUT2D eigenvalue weighted by atomic mass is 32.2. The Labute approximate surface area is 107 Å². The van der Waals surface area contributed by atoms with E-state index in [4.69, 9.17) is 0 Å². The average Bonchev–Trinajstić information content (AvgIpc) is 2.35. The molecule has 6 heteroatoms. The molecule has 92 valence electrons. The van der Waals surface area contributed by atoms with Crippen LogP contribution in [-0.4, -0.2) is 20.7 Å². The van der Waals surface area contributed by atoms with Gasteiger partial charge in [-0.3, -0.25) is 9.97 Å². The summed E-state index contributed by atoms with van der Waals surface area (Å²) in [5.41, 5.74) is -0.0664. The molecule has 2 N–H and O–H groups in total. The minimum absolute atomic E-state index is 0.321. The highest BCUT2D eigenvalue weighted by molar-refractivity contribution is 7.99. The Hall–Kier alpha value is -2.08. The van der Waals surface area contributed by atoms with Gasteiger partial charge in [0.15, 0.2) is 5.16 Å². The number of hydrogen-bond donors (Lipinski definition) is 2. The summed E-state index contributed by atoms with van der Waals surface area (Å²) in [7, 11) is 0. The van der Waals surface area contributed by atoms with Crippen molar-refractivity contribution in [3.8, 4) is 0 Å². The molecule has 0 spiro atoms. The normalized spacial score (nSPS) is 10.9. The molecular weight excluding hydrogens is 250 g/mol. The van der Waals surface area contributed by atoms with E-state index < -0.39 is 11.4 Å². The van der Waals surface area contributed by atoms with Crippen LogP contribution in [0.4, 0.5) is 0 Å². The lowest BCUT2D eigenvalue weighted by Crippen LogP contribution is -2.25. The number of aromatic nitrogens is 3. The third-order valence-corrected chi connectivity index (χ3v) is 2.90. The molecule has 2 aromatic rings. The van der Waals surface area contributed by atoms with E-state index in [0.29, 0.717) is 10.9 Å². The first kappa shape index (κ1) is 12.4. The maximum absolute atomic E-state index is 11.0. The first-order valence-electron chi connectivity index (χ1n) is 5.29. The van der Waals surface area contributed by atoms with Crippen LogP contribution in [0.1, 0.15) is 5.56 Å². The van der Waals surface area contributed by atoms with E-state index >= 15 is 0 Å². The Balaban J connectivity index is 1.94. The zero-order valence-corrected chi connectivity index (χ0v) is 10.2. The fourth-order valence-corrected chi connectivity index (χ4v) is 1.98. The van der Waals surface area contributed by atoms with E-state index in [2.05, 4.69) is 9.97 Å². The van der Waals surface area contributed by atoms with Gasteiger partial charge < -0.3 is 0 Å². The highest BCUT2D eigenvalue weighted by Gasteiger charge is 1.97. The van der Waals surface area contributed by atoms with E-state index in [1.807, 2.05) is 47.5 Å². The van der Waals surface area contributed by atoms with Crippen LogP contribution in [0.3, 0.4) is 0 Å². The first-order chi connectivity index (χ1) is 8.74. The second-order valence-electron chi connectivity index (χ2n) is 3.43. The molecule has 0 atom stereocenters. The van der Waals surface area contributed by atoms with E-state index in [-0.39, 0.29) is 0 Å². The fraction of sp³-hybridized carbons (Fsp3) is 0.0833. The van der Waals surface area contributed by atoms with E-state index in [1.165, 1.54) is 11.8 Å². The molecule has 0 bridgehead atoms. The summed E-state index contributed by atoms with van der Waals surface area (Å²) in [6, 6.07) is 9.87. The predicted octanol–water partition coefficient (Wildman–Crippen LogP) is 1.26. The molecule has 1 aromatic carbocycles. The number of hydrogen-bond acceptors (Lipinski definition) is 4. The van der Waals surface area contributed by atoms with Crippen molar-refractivity contribution < 1.29 is 0 Å². The molecule has 0 saturated heterocycles. The van der Waals surface area contributed by atoms with Crippen LogP contribution in [0.5, 0.6) is 0 Å². The van der Waals surface area contributed by atoms with Gasteiger partial charge in [0.1, 0.15) is 0 Å². The molecule has 0 aliphatic carbocycles. The SMILES string of the molecule is O=c1nc(SCC=Cc2ccccc2)[nH]c(=O)[nH]1. The molecule has 1 aromatic heterocycles. The zero-order chi connectivity index (χ0) is 12.8. The van der Waals surface area contributed by atoms with Gasteiger partial charge in [-0.25, -0.2) is 9.59 Å². The van der Waals surface area contributed by atoms with Crippen LogP contribution in [0.15, 0.2) is 51.2 Å². The largest absolute Gasteiger partial charge is 0.351 e. The van der Waals surface area contributed by atoms with Crippen molar-refractivity contribution in [2.24, 2.45) is 0 Å². The first-order valence-corrected chi connectivity index (χ1v) is 6.27. The van der Waals surface area contributed by atoms with Gasteiger partial charge in [0.2, 0.25) is 0 Å². The quantitative estimate of drug-likeness (QED) is 0.812. The Morgan fingerprint density at radius 3 is 2.67 bits per heavy atom. The third kappa shape index (κ3) is 3.74. The van der Waals surface area contributed by atoms with Crippen LogP contribution in [0, 0.1) is 0 Å². The van der Waals surface area contributed by atoms with Crippen LogP contribution < -0.4 is 11.4 Å². The fourth-order valence-electron chi connectivity index (χ4n) is 1.32. The minimum atomic E-state index is -0.631. The number of nitrogens with zero attached hydrogens (tertiary/aromatic N) is 1. The summed E-state index contributed by atoms with van der Waals surface area (Å²) in [6.07, 6.45) is 3.92. The van der Waals surface area contributed by atoms with Gasteiger partial charge in [-0.05, 0) is 5.56 Å². The summed E-state index contributed by atoms with van der Waals surface area (Å²) in [5, 5.41) is 0.321. The van der Waals surface area contributed by atoms with Crippen molar-refractivity contribution in [2.45, 2.75) is 5.16 Å². The number of nitrogens with one attached hydrogen (secondary N) is 2. The molecule has 2 rings (SSSR count). The topological polar surface area (TPSA) is 78.6 Å². The van der Waals surface area contributed by atoms with Gasteiger partial charge >= 0.3 is 11.4 Å². The highest BCUT2D eigenvalue weighted by Crippen LogP contribution is 2.10. The number of aromatic amines is 2. The Bertz CT molecular complexity index is 618. The molecule has 0 saturated carbocycles. The zero-order valence-electron chi connectivity index (χ0n) is 9.42. The van der Waals surface area contributed by atoms with E-state index in [0.717, 1.165) is 5.56 Å². The second kappa shape index (κ2) is 6.02. The van der Waals surface area contributed by atoms with Crippen molar-refractivity contribution >= 4 is 17.8 Å². The van der Waals surface area contributed by atoms with Crippen LogP contribution in [0.2, 0.25) is 0 Å². The number of benzene rings is 1. The molecule has 5 nitrogen and oxygen atoms in total. The molecule has 18 heavy (non-hydrogen) atoms. The van der Waals surface area contributed by atoms with Gasteiger partial charge in [0, 0.05) is 5.75 Å². The van der Waals surface area contributed by atoms with Crippen molar-refractivity contribution in [1.29, 1.82) is 0 Å².